The monoisotopic (exact) mass is 562 g/mol. The number of hydrogen-bond donors (Lipinski definition) is 0. The van der Waals surface area contributed by atoms with Crippen molar-refractivity contribution < 1.29 is 0 Å². The first-order chi connectivity index (χ1) is 20.7. The molecule has 0 fully saturated rings. The van der Waals surface area contributed by atoms with Crippen molar-refractivity contribution in [1.82, 2.24) is 0 Å². The average molecular weight is 563 g/mol. The van der Waals surface area contributed by atoms with Crippen LogP contribution in [0.1, 0.15) is 58.6 Å². The SMILES string of the molecule is CC(C)(C)c1ccc(C(C)(C)N(C2=CC=CCC2)c2ccc(N(c3ccccc3)c3ccc4ccccc4c3)cc2)cc1. The van der Waals surface area contributed by atoms with Crippen molar-refractivity contribution in [3.8, 4) is 0 Å². The van der Waals surface area contributed by atoms with Gasteiger partial charge < -0.3 is 9.80 Å². The smallest absolute Gasteiger partial charge is 0.0643 e. The molecule has 0 atom stereocenters. The molecule has 0 heterocycles. The predicted molar refractivity (Wildman–Crippen MR) is 186 cm³/mol. The van der Waals surface area contributed by atoms with Gasteiger partial charge in [0.05, 0.1) is 5.54 Å². The second-order valence-electron chi connectivity index (χ2n) is 13.1. The Morgan fingerprint density at radius 2 is 1.12 bits per heavy atom. The van der Waals surface area contributed by atoms with E-state index in [2.05, 4.69) is 184 Å². The standard InChI is InChI=1S/C41H42N2/c1-40(2,3)33-21-23-34(24-22-33)41(4,5)43(37-18-10-7-11-19-37)38-28-26-36(27-29-38)42(35-16-8-6-9-17-35)39-25-20-31-14-12-13-15-32(31)30-39/h6-10,12-18,20-30H,11,19H2,1-5H3. The second kappa shape index (κ2) is 11.6. The van der Waals surface area contributed by atoms with Crippen molar-refractivity contribution in [2.45, 2.75) is 58.4 Å². The number of anilines is 4. The summed E-state index contributed by atoms with van der Waals surface area (Å²) in [6.45, 7) is 11.5. The Bertz CT molecular complexity index is 1750. The molecule has 43 heavy (non-hydrogen) atoms. The molecule has 0 bridgehead atoms. The van der Waals surface area contributed by atoms with Crippen LogP contribution in [0.5, 0.6) is 0 Å². The van der Waals surface area contributed by atoms with Gasteiger partial charge in [-0.1, -0.05) is 106 Å². The van der Waals surface area contributed by atoms with Crippen molar-refractivity contribution in [3.63, 3.8) is 0 Å². The zero-order valence-electron chi connectivity index (χ0n) is 26.1. The minimum atomic E-state index is -0.244. The summed E-state index contributed by atoms with van der Waals surface area (Å²) >= 11 is 0. The van der Waals surface area contributed by atoms with Crippen molar-refractivity contribution in [1.29, 1.82) is 0 Å². The molecule has 0 amide bonds. The van der Waals surface area contributed by atoms with Crippen LogP contribution in [0, 0.1) is 0 Å². The lowest BCUT2D eigenvalue weighted by Gasteiger charge is -2.43. The number of rotatable bonds is 7. The molecule has 2 heteroatoms. The van der Waals surface area contributed by atoms with Crippen LogP contribution >= 0.6 is 0 Å². The average Bonchev–Trinajstić information content (AvgIpc) is 3.03. The molecule has 0 saturated heterocycles. The minimum Gasteiger partial charge on any atom is -0.335 e. The van der Waals surface area contributed by atoms with E-state index in [4.69, 9.17) is 0 Å². The molecule has 0 radical (unpaired) electrons. The van der Waals surface area contributed by atoms with Crippen LogP contribution in [0.4, 0.5) is 22.7 Å². The molecule has 5 aromatic carbocycles. The molecule has 6 rings (SSSR count). The highest BCUT2D eigenvalue weighted by Gasteiger charge is 2.32. The van der Waals surface area contributed by atoms with Crippen LogP contribution < -0.4 is 9.80 Å². The molecule has 216 valence electrons. The third-order valence-electron chi connectivity index (χ3n) is 8.67. The number of nitrogens with zero attached hydrogens (tertiary/aromatic N) is 2. The maximum atomic E-state index is 2.54. The van der Waals surface area contributed by atoms with Crippen LogP contribution in [0.15, 0.2) is 145 Å². The second-order valence-corrected chi connectivity index (χ2v) is 13.1. The fourth-order valence-corrected chi connectivity index (χ4v) is 6.22. The molecule has 1 aliphatic carbocycles. The van der Waals surface area contributed by atoms with Gasteiger partial charge in [-0.15, -0.1) is 0 Å². The molecule has 1 aliphatic rings. The Morgan fingerprint density at radius 3 is 1.77 bits per heavy atom. The summed E-state index contributed by atoms with van der Waals surface area (Å²) in [4.78, 5) is 4.88. The maximum Gasteiger partial charge on any atom is 0.0643 e. The third-order valence-corrected chi connectivity index (χ3v) is 8.67. The van der Waals surface area contributed by atoms with Gasteiger partial charge in [0.25, 0.3) is 0 Å². The van der Waals surface area contributed by atoms with Crippen molar-refractivity contribution in [2.24, 2.45) is 0 Å². The van der Waals surface area contributed by atoms with E-state index < -0.39 is 0 Å². The van der Waals surface area contributed by atoms with E-state index in [-0.39, 0.29) is 11.0 Å². The van der Waals surface area contributed by atoms with Gasteiger partial charge >= 0.3 is 0 Å². The Balaban J connectivity index is 1.41. The molecule has 0 N–H and O–H groups in total. The van der Waals surface area contributed by atoms with Gasteiger partial charge in [0.1, 0.15) is 0 Å². The number of allylic oxidation sites excluding steroid dienone is 4. The van der Waals surface area contributed by atoms with Crippen LogP contribution in [0.2, 0.25) is 0 Å². The maximum absolute atomic E-state index is 2.54. The Kier molecular flexibility index (Phi) is 7.71. The van der Waals surface area contributed by atoms with E-state index >= 15 is 0 Å². The van der Waals surface area contributed by atoms with Crippen molar-refractivity contribution in [3.05, 3.63) is 156 Å². The van der Waals surface area contributed by atoms with E-state index in [9.17, 15) is 0 Å². The van der Waals surface area contributed by atoms with E-state index in [0.717, 1.165) is 29.9 Å². The van der Waals surface area contributed by atoms with Crippen LogP contribution in [0.25, 0.3) is 10.8 Å². The third kappa shape index (κ3) is 5.88. The summed E-state index contributed by atoms with van der Waals surface area (Å²) in [6.07, 6.45) is 8.83. The first-order valence-electron chi connectivity index (χ1n) is 15.4. The molecule has 2 nitrogen and oxygen atoms in total. The van der Waals surface area contributed by atoms with Gasteiger partial charge in [-0.3, -0.25) is 0 Å². The molecule has 0 saturated carbocycles. The minimum absolute atomic E-state index is 0.130. The van der Waals surface area contributed by atoms with Crippen LogP contribution in [-0.4, -0.2) is 0 Å². The van der Waals surface area contributed by atoms with Gasteiger partial charge in [0.2, 0.25) is 0 Å². The van der Waals surface area contributed by atoms with Gasteiger partial charge in [-0.2, -0.15) is 0 Å². The molecule has 0 spiro atoms. The lowest BCUT2D eigenvalue weighted by Crippen LogP contribution is -2.41. The zero-order chi connectivity index (χ0) is 30.0. The molecule has 0 unspecified atom stereocenters. The van der Waals surface area contributed by atoms with Crippen LogP contribution in [0.3, 0.4) is 0 Å². The summed E-state index contributed by atoms with van der Waals surface area (Å²) in [5.74, 6) is 0. The summed E-state index contributed by atoms with van der Waals surface area (Å²) in [7, 11) is 0. The highest BCUT2D eigenvalue weighted by molar-refractivity contribution is 5.89. The van der Waals surface area contributed by atoms with E-state index in [1.54, 1.807) is 0 Å². The number of para-hydroxylation sites is 1. The first kappa shape index (κ1) is 28.6. The lowest BCUT2D eigenvalue weighted by molar-refractivity contribution is 0.506. The van der Waals surface area contributed by atoms with Gasteiger partial charge in [-0.05, 0) is 109 Å². The normalized spacial score (nSPS) is 13.6. The molecular formula is C41H42N2. The predicted octanol–water partition coefficient (Wildman–Crippen LogP) is 11.6. The topological polar surface area (TPSA) is 6.48 Å². The number of fused-ring (bicyclic) bond motifs is 1. The highest BCUT2D eigenvalue weighted by atomic mass is 15.2. The summed E-state index contributed by atoms with van der Waals surface area (Å²) < 4.78 is 0. The van der Waals surface area contributed by atoms with Crippen molar-refractivity contribution >= 4 is 33.5 Å². The summed E-state index contributed by atoms with van der Waals surface area (Å²) in [5, 5.41) is 2.48. The number of hydrogen-bond acceptors (Lipinski definition) is 2. The summed E-state index contributed by atoms with van der Waals surface area (Å²) in [6, 6.07) is 44.3. The number of benzene rings is 5. The molecule has 0 aliphatic heterocycles. The highest BCUT2D eigenvalue weighted by Crippen LogP contribution is 2.41. The quantitative estimate of drug-likeness (QED) is 0.195. The largest absolute Gasteiger partial charge is 0.335 e. The fraction of sp³-hybridized carbons (Fsp3) is 0.220. The van der Waals surface area contributed by atoms with E-state index in [0.29, 0.717) is 0 Å². The molecular weight excluding hydrogens is 520 g/mol. The van der Waals surface area contributed by atoms with E-state index in [1.165, 1.54) is 33.3 Å². The van der Waals surface area contributed by atoms with Crippen LogP contribution in [-0.2, 0) is 11.0 Å². The Labute approximate surface area is 257 Å². The van der Waals surface area contributed by atoms with Gasteiger partial charge in [-0.25, -0.2) is 0 Å². The summed E-state index contributed by atoms with van der Waals surface area (Å²) in [5.41, 5.74) is 8.51. The first-order valence-corrected chi connectivity index (χ1v) is 15.4. The van der Waals surface area contributed by atoms with Gasteiger partial charge in [0.15, 0.2) is 0 Å². The van der Waals surface area contributed by atoms with Crippen molar-refractivity contribution in [2.75, 3.05) is 9.80 Å². The van der Waals surface area contributed by atoms with Gasteiger partial charge in [0, 0.05) is 28.4 Å². The lowest BCUT2D eigenvalue weighted by atomic mass is 9.83. The fourth-order valence-electron chi connectivity index (χ4n) is 6.22. The molecule has 0 aromatic heterocycles. The van der Waals surface area contributed by atoms with E-state index in [1.807, 2.05) is 0 Å². The molecule has 5 aromatic rings. The zero-order valence-corrected chi connectivity index (χ0v) is 26.1. The Morgan fingerprint density at radius 1 is 0.535 bits per heavy atom. The Hall–Kier alpha value is -4.56.